The molecule has 2 fully saturated rings. The van der Waals surface area contributed by atoms with Gasteiger partial charge in [-0.2, -0.15) is 0 Å². The Morgan fingerprint density at radius 2 is 1.62 bits per heavy atom. The second kappa shape index (κ2) is 14.3. The summed E-state index contributed by atoms with van der Waals surface area (Å²) in [5.74, 6) is -2.44. The molecule has 3 aromatic rings. The maximum absolute atomic E-state index is 14.2. The van der Waals surface area contributed by atoms with E-state index in [1.54, 1.807) is 25.1 Å². The van der Waals surface area contributed by atoms with Crippen molar-refractivity contribution in [3.8, 4) is 0 Å². The van der Waals surface area contributed by atoms with Crippen molar-refractivity contribution in [3.05, 3.63) is 71.0 Å². The summed E-state index contributed by atoms with van der Waals surface area (Å²) in [4.78, 5) is 80.5. The molecule has 5 rings (SSSR count). The number of fused-ring (bicyclic) bond motifs is 2. The fourth-order valence-electron chi connectivity index (χ4n) is 6.24. The highest BCUT2D eigenvalue weighted by Gasteiger charge is 2.39. The number of hydrogen-bond acceptors (Lipinski definition) is 7. The van der Waals surface area contributed by atoms with Gasteiger partial charge in [-0.1, -0.05) is 44.2 Å². The van der Waals surface area contributed by atoms with E-state index in [2.05, 4.69) is 25.9 Å². The fourth-order valence-corrected chi connectivity index (χ4v) is 6.24. The van der Waals surface area contributed by atoms with Crippen LogP contribution < -0.4 is 16.0 Å². The Morgan fingerprint density at radius 3 is 2.32 bits per heavy atom. The Balaban J connectivity index is 1.53. The molecular weight excluding hydrogens is 598 g/mol. The summed E-state index contributed by atoms with van der Waals surface area (Å²) in [6.45, 7) is 8.97. The number of amides is 5. The predicted octanol–water partition coefficient (Wildman–Crippen LogP) is 2.07. The normalized spacial score (nSPS) is 23.1. The summed E-state index contributed by atoms with van der Waals surface area (Å²) in [5.41, 5.74) is 3.95. The van der Waals surface area contributed by atoms with Crippen LogP contribution >= 0.6 is 0 Å². The first-order valence-corrected chi connectivity index (χ1v) is 16.2. The molecule has 0 radical (unpaired) electrons. The van der Waals surface area contributed by atoms with Crippen LogP contribution in [0.3, 0.4) is 0 Å². The average Bonchev–Trinajstić information content (AvgIpc) is 3.53. The van der Waals surface area contributed by atoms with Crippen molar-refractivity contribution in [1.82, 2.24) is 35.7 Å². The quantitative estimate of drug-likeness (QED) is 0.394. The van der Waals surface area contributed by atoms with Crippen LogP contribution in [0.1, 0.15) is 60.9 Å². The first-order valence-electron chi connectivity index (χ1n) is 16.2. The number of hydrogen-bond donors (Lipinski definition) is 3. The van der Waals surface area contributed by atoms with Gasteiger partial charge in [0.2, 0.25) is 23.6 Å². The van der Waals surface area contributed by atoms with E-state index in [1.807, 2.05) is 58.0 Å². The highest BCUT2D eigenvalue weighted by molar-refractivity contribution is 6.00. The minimum atomic E-state index is -0.930. The molecule has 0 aliphatic carbocycles. The van der Waals surface area contributed by atoms with Crippen LogP contribution in [-0.4, -0.2) is 93.1 Å². The van der Waals surface area contributed by atoms with E-state index in [4.69, 9.17) is 0 Å². The van der Waals surface area contributed by atoms with Crippen molar-refractivity contribution in [2.75, 3.05) is 19.6 Å². The lowest BCUT2D eigenvalue weighted by Crippen LogP contribution is -2.58. The van der Waals surface area contributed by atoms with Gasteiger partial charge in [0.15, 0.2) is 0 Å². The van der Waals surface area contributed by atoms with Crippen molar-refractivity contribution in [3.63, 3.8) is 0 Å². The zero-order valence-electron chi connectivity index (χ0n) is 27.6. The molecule has 3 N–H and O–H groups in total. The van der Waals surface area contributed by atoms with Crippen LogP contribution in [0.4, 0.5) is 0 Å². The second-order valence-electron chi connectivity index (χ2n) is 12.9. The summed E-state index contributed by atoms with van der Waals surface area (Å²) in [6, 6.07) is 11.4. The van der Waals surface area contributed by atoms with Gasteiger partial charge in [-0.25, -0.2) is 9.97 Å². The molecule has 47 heavy (non-hydrogen) atoms. The minimum Gasteiger partial charge on any atom is -0.349 e. The van der Waals surface area contributed by atoms with Gasteiger partial charge in [-0.05, 0) is 69.7 Å². The van der Waals surface area contributed by atoms with E-state index in [0.29, 0.717) is 42.4 Å². The van der Waals surface area contributed by atoms with Crippen molar-refractivity contribution in [2.45, 2.75) is 78.0 Å². The molecule has 4 atom stereocenters. The van der Waals surface area contributed by atoms with Crippen LogP contribution in [0, 0.1) is 19.8 Å². The summed E-state index contributed by atoms with van der Waals surface area (Å²) >= 11 is 0. The zero-order chi connectivity index (χ0) is 33.8. The molecule has 248 valence electrons. The molecule has 2 aliphatic heterocycles. The zero-order valence-corrected chi connectivity index (χ0v) is 27.6. The molecule has 0 spiro atoms. The maximum atomic E-state index is 14.2. The molecule has 2 aliphatic rings. The van der Waals surface area contributed by atoms with Crippen molar-refractivity contribution < 1.29 is 24.0 Å². The number of rotatable bonds is 4. The molecule has 1 aromatic heterocycles. The summed E-state index contributed by atoms with van der Waals surface area (Å²) in [7, 11) is 0. The van der Waals surface area contributed by atoms with Crippen LogP contribution in [0.5, 0.6) is 0 Å². The molecule has 12 heteroatoms. The van der Waals surface area contributed by atoms with Crippen molar-refractivity contribution >= 4 is 40.6 Å². The molecule has 3 heterocycles. The topological polar surface area (TPSA) is 154 Å². The summed E-state index contributed by atoms with van der Waals surface area (Å²) in [6.07, 6.45) is 1.45. The van der Waals surface area contributed by atoms with Gasteiger partial charge in [0.05, 0.1) is 35.0 Å². The van der Waals surface area contributed by atoms with Gasteiger partial charge >= 0.3 is 0 Å². The van der Waals surface area contributed by atoms with Crippen LogP contribution in [-0.2, 0) is 25.6 Å². The highest BCUT2D eigenvalue weighted by atomic mass is 16.2. The fraction of sp³-hybridized carbons (Fsp3) is 0.457. The van der Waals surface area contributed by atoms with E-state index in [-0.39, 0.29) is 19.0 Å². The van der Waals surface area contributed by atoms with E-state index >= 15 is 0 Å². The first-order chi connectivity index (χ1) is 22.4. The van der Waals surface area contributed by atoms with Gasteiger partial charge in [0, 0.05) is 18.7 Å². The number of nitrogens with zero attached hydrogens (tertiary/aromatic N) is 4. The molecular formula is C35H43N7O5. The van der Waals surface area contributed by atoms with Gasteiger partial charge in [-0.15, -0.1) is 0 Å². The third-order valence-corrected chi connectivity index (χ3v) is 8.89. The minimum absolute atomic E-state index is 0.0145. The largest absolute Gasteiger partial charge is 0.349 e. The molecule has 0 unspecified atom stereocenters. The number of carbonyl (C=O) groups is 5. The molecule has 5 amide bonds. The lowest BCUT2D eigenvalue weighted by molar-refractivity contribution is -0.142. The van der Waals surface area contributed by atoms with Crippen molar-refractivity contribution in [2.24, 2.45) is 5.92 Å². The molecule has 2 aromatic carbocycles. The Morgan fingerprint density at radius 1 is 0.915 bits per heavy atom. The van der Waals surface area contributed by atoms with Gasteiger partial charge in [0.25, 0.3) is 5.91 Å². The first kappa shape index (κ1) is 33.5. The van der Waals surface area contributed by atoms with Crippen LogP contribution in [0.15, 0.2) is 48.5 Å². The number of carbonyl (C=O) groups excluding carboxylic acids is 5. The third-order valence-electron chi connectivity index (χ3n) is 8.89. The monoisotopic (exact) mass is 641 g/mol. The summed E-state index contributed by atoms with van der Waals surface area (Å²) in [5, 5.41) is 8.71. The van der Waals surface area contributed by atoms with Crippen LogP contribution in [0.25, 0.3) is 11.0 Å². The Kier molecular flexibility index (Phi) is 10.2. The standard InChI is InChI=1S/C35H43N7O5/c1-20(2)31-33(45)39-26(16-24-10-7-6-8-11-24)18-41(35(47)25-13-14-27-28(17-25)37-22(4)21(3)36-27)19-30(43)38-23(5)34(46)42-15-9-12-29(42)32(44)40-31/h6-8,10-11,13-14,17,20,23,26,29,31H,9,12,15-16,18-19H2,1-5H3,(H,38,43)(H,39,45)(H,40,44)/t23-,26-,29+,31-/m0/s1. The van der Waals surface area contributed by atoms with Gasteiger partial charge in [-0.3, -0.25) is 24.0 Å². The van der Waals surface area contributed by atoms with E-state index < -0.39 is 53.7 Å². The number of aryl methyl sites for hydroxylation is 2. The lowest BCUT2D eigenvalue weighted by Gasteiger charge is -2.31. The Hall–Kier alpha value is -4.87. The smallest absolute Gasteiger partial charge is 0.254 e. The third kappa shape index (κ3) is 7.75. The van der Waals surface area contributed by atoms with Crippen molar-refractivity contribution in [1.29, 1.82) is 0 Å². The number of nitrogens with one attached hydrogen (secondary N) is 3. The van der Waals surface area contributed by atoms with Gasteiger partial charge < -0.3 is 25.8 Å². The molecule has 2 saturated heterocycles. The van der Waals surface area contributed by atoms with E-state index in [9.17, 15) is 24.0 Å². The van der Waals surface area contributed by atoms with E-state index in [1.165, 1.54) is 9.80 Å². The number of aromatic nitrogens is 2. The highest BCUT2D eigenvalue weighted by Crippen LogP contribution is 2.21. The van der Waals surface area contributed by atoms with Crippen LogP contribution in [0.2, 0.25) is 0 Å². The average molecular weight is 642 g/mol. The molecule has 0 saturated carbocycles. The summed E-state index contributed by atoms with van der Waals surface area (Å²) < 4.78 is 0. The Labute approximate surface area is 274 Å². The predicted molar refractivity (Wildman–Crippen MR) is 176 cm³/mol. The Bertz CT molecular complexity index is 1680. The lowest BCUT2D eigenvalue weighted by atomic mass is 10.00. The van der Waals surface area contributed by atoms with Gasteiger partial charge in [0.1, 0.15) is 18.1 Å². The SMILES string of the molecule is Cc1nc2ccc(C(=O)N3CC(=O)N[C@@H](C)C(=O)N4CCC[C@@H]4C(=O)N[C@@H](C(C)C)C(=O)N[C@@H](Cc4ccccc4)C3)cc2nc1C. The molecule has 12 nitrogen and oxygen atoms in total. The second-order valence-corrected chi connectivity index (χ2v) is 12.9. The molecule has 0 bridgehead atoms. The number of benzene rings is 2. The van der Waals surface area contributed by atoms with E-state index in [0.717, 1.165) is 17.0 Å². The maximum Gasteiger partial charge on any atom is 0.254 e.